The van der Waals surface area contributed by atoms with Crippen molar-refractivity contribution >= 4 is 35.5 Å². The molecule has 3 heterocycles. The molecule has 1 atom stereocenters. The molecule has 1 N–H and O–H groups in total. The van der Waals surface area contributed by atoms with Gasteiger partial charge in [0, 0.05) is 29.9 Å². The predicted molar refractivity (Wildman–Crippen MR) is 124 cm³/mol. The van der Waals surface area contributed by atoms with Gasteiger partial charge >= 0.3 is 0 Å². The summed E-state index contributed by atoms with van der Waals surface area (Å²) in [5.74, 6) is 1.30. The number of hydrogen-bond acceptors (Lipinski definition) is 5. The fourth-order valence-electron chi connectivity index (χ4n) is 3.86. The van der Waals surface area contributed by atoms with E-state index in [4.69, 9.17) is 28.9 Å². The average Bonchev–Trinajstić information content (AvgIpc) is 3.03. The number of likely N-dealkylation sites (tertiary alicyclic amines) is 1. The second-order valence-electron chi connectivity index (χ2n) is 7.88. The number of aromatic nitrogens is 4. The molecule has 4 rings (SSSR count). The van der Waals surface area contributed by atoms with Gasteiger partial charge in [-0.3, -0.25) is 9.69 Å². The Labute approximate surface area is 191 Å². The first-order valence-corrected chi connectivity index (χ1v) is 11.1. The van der Waals surface area contributed by atoms with Gasteiger partial charge in [0.2, 0.25) is 5.91 Å². The molecular formula is C22H25ClN6OS. The lowest BCUT2D eigenvalue weighted by Gasteiger charge is -2.31. The van der Waals surface area contributed by atoms with Gasteiger partial charge in [0.25, 0.3) is 0 Å². The van der Waals surface area contributed by atoms with Crippen molar-refractivity contribution in [3.05, 3.63) is 58.0 Å². The maximum Gasteiger partial charge on any atom is 0.229 e. The summed E-state index contributed by atoms with van der Waals surface area (Å²) in [6, 6.07) is 13.2. The summed E-state index contributed by atoms with van der Waals surface area (Å²) in [5, 5.41) is 8.37. The van der Waals surface area contributed by atoms with Crippen molar-refractivity contribution in [3.63, 3.8) is 0 Å². The normalized spacial score (nSPS) is 16.9. The van der Waals surface area contributed by atoms with E-state index in [1.165, 1.54) is 0 Å². The molecule has 162 valence electrons. The van der Waals surface area contributed by atoms with E-state index in [-0.39, 0.29) is 11.8 Å². The predicted octanol–water partition coefficient (Wildman–Crippen LogP) is 4.28. The third-order valence-corrected chi connectivity index (χ3v) is 6.23. The molecule has 1 amide bonds. The van der Waals surface area contributed by atoms with Crippen LogP contribution in [0.25, 0.3) is 11.4 Å². The van der Waals surface area contributed by atoms with E-state index < -0.39 is 0 Å². The van der Waals surface area contributed by atoms with Crippen molar-refractivity contribution in [1.82, 2.24) is 24.2 Å². The lowest BCUT2D eigenvalue weighted by atomic mass is 9.97. The standard InChI is InChI=1S/C22H25ClN6OS/c1-15-5-3-7-19(24-15)25-21(30)17-6-4-12-28(13-17)14-29-22(31)27(2)20(26-29)16-8-10-18(23)11-9-16/h3,5,7-11,17H,4,6,12-14H2,1-2H3,(H,24,25,30). The number of pyridine rings is 1. The molecule has 3 aromatic rings. The molecule has 0 saturated carbocycles. The van der Waals surface area contributed by atoms with Gasteiger partial charge in [0.15, 0.2) is 10.6 Å². The number of hydrogen-bond donors (Lipinski definition) is 1. The first-order chi connectivity index (χ1) is 14.9. The topological polar surface area (TPSA) is 68.0 Å². The Morgan fingerprint density at radius 3 is 2.77 bits per heavy atom. The summed E-state index contributed by atoms with van der Waals surface area (Å²) in [7, 11) is 1.91. The zero-order chi connectivity index (χ0) is 22.0. The van der Waals surface area contributed by atoms with Crippen molar-refractivity contribution in [3.8, 4) is 11.4 Å². The van der Waals surface area contributed by atoms with Crippen LogP contribution in [0.15, 0.2) is 42.5 Å². The van der Waals surface area contributed by atoms with Crippen molar-refractivity contribution in [1.29, 1.82) is 0 Å². The molecule has 2 aromatic heterocycles. The third-order valence-electron chi connectivity index (χ3n) is 5.49. The van der Waals surface area contributed by atoms with Crippen LogP contribution in [0.4, 0.5) is 5.82 Å². The van der Waals surface area contributed by atoms with E-state index in [0.717, 1.165) is 36.5 Å². The maximum absolute atomic E-state index is 12.8. The maximum atomic E-state index is 12.8. The monoisotopic (exact) mass is 456 g/mol. The summed E-state index contributed by atoms with van der Waals surface area (Å²) in [4.78, 5) is 19.4. The first kappa shape index (κ1) is 21.7. The fraction of sp³-hybridized carbons (Fsp3) is 0.364. The van der Waals surface area contributed by atoms with Crippen molar-refractivity contribution in [2.24, 2.45) is 13.0 Å². The third kappa shape index (κ3) is 5.03. The Balaban J connectivity index is 1.45. The molecule has 0 radical (unpaired) electrons. The summed E-state index contributed by atoms with van der Waals surface area (Å²) < 4.78 is 4.36. The minimum atomic E-state index is -0.0929. The zero-order valence-corrected chi connectivity index (χ0v) is 19.2. The van der Waals surface area contributed by atoms with Crippen molar-refractivity contribution in [2.45, 2.75) is 26.4 Å². The summed E-state index contributed by atoms with van der Waals surface area (Å²) in [5.41, 5.74) is 1.84. The highest BCUT2D eigenvalue weighted by molar-refractivity contribution is 7.71. The van der Waals surface area contributed by atoms with E-state index in [2.05, 4.69) is 15.2 Å². The largest absolute Gasteiger partial charge is 0.310 e. The molecule has 0 bridgehead atoms. The second kappa shape index (κ2) is 9.30. The van der Waals surface area contributed by atoms with Gasteiger partial charge < -0.3 is 9.88 Å². The van der Waals surface area contributed by atoms with Crippen LogP contribution in [-0.2, 0) is 18.5 Å². The Hall–Kier alpha value is -2.55. The van der Waals surface area contributed by atoms with Gasteiger partial charge in [0.05, 0.1) is 12.6 Å². The second-order valence-corrected chi connectivity index (χ2v) is 8.68. The number of amides is 1. The molecule has 1 aromatic carbocycles. The van der Waals surface area contributed by atoms with Crippen LogP contribution < -0.4 is 5.32 Å². The van der Waals surface area contributed by atoms with Crippen LogP contribution in [0.2, 0.25) is 5.02 Å². The SMILES string of the molecule is Cc1cccc(NC(=O)C2CCCN(Cn3nc(-c4ccc(Cl)cc4)n(C)c3=S)C2)n1. The number of carbonyl (C=O) groups is 1. The summed E-state index contributed by atoms with van der Waals surface area (Å²) in [6.07, 6.45) is 1.81. The minimum Gasteiger partial charge on any atom is -0.310 e. The Morgan fingerprint density at radius 1 is 1.26 bits per heavy atom. The summed E-state index contributed by atoms with van der Waals surface area (Å²) in [6.45, 7) is 4.02. The zero-order valence-electron chi connectivity index (χ0n) is 17.6. The van der Waals surface area contributed by atoms with Gasteiger partial charge in [-0.05, 0) is 74.9 Å². The van der Waals surface area contributed by atoms with Crippen molar-refractivity contribution in [2.75, 3.05) is 18.4 Å². The van der Waals surface area contributed by atoms with E-state index in [1.54, 1.807) is 0 Å². The molecule has 9 heteroatoms. The molecule has 1 unspecified atom stereocenters. The smallest absolute Gasteiger partial charge is 0.229 e. The highest BCUT2D eigenvalue weighted by Crippen LogP contribution is 2.22. The van der Waals surface area contributed by atoms with Crippen LogP contribution in [-0.4, -0.2) is 43.2 Å². The van der Waals surface area contributed by atoms with Crippen LogP contribution in [0.1, 0.15) is 18.5 Å². The molecule has 0 aliphatic carbocycles. The highest BCUT2D eigenvalue weighted by atomic mass is 35.5. The number of aryl methyl sites for hydroxylation is 1. The first-order valence-electron chi connectivity index (χ1n) is 10.3. The molecular weight excluding hydrogens is 432 g/mol. The lowest BCUT2D eigenvalue weighted by molar-refractivity contribution is -0.121. The van der Waals surface area contributed by atoms with E-state index in [0.29, 0.717) is 28.8 Å². The Bertz CT molecular complexity index is 1140. The number of halogens is 1. The van der Waals surface area contributed by atoms with Gasteiger partial charge in [0.1, 0.15) is 5.82 Å². The van der Waals surface area contributed by atoms with E-state index in [9.17, 15) is 4.79 Å². The molecule has 1 saturated heterocycles. The number of nitrogens with zero attached hydrogens (tertiary/aromatic N) is 5. The van der Waals surface area contributed by atoms with E-state index in [1.807, 2.05) is 65.7 Å². The number of piperidine rings is 1. The number of anilines is 1. The van der Waals surface area contributed by atoms with Crippen LogP contribution in [0.5, 0.6) is 0 Å². The quantitative estimate of drug-likeness (QED) is 0.580. The molecule has 0 spiro atoms. The summed E-state index contributed by atoms with van der Waals surface area (Å²) >= 11 is 11.6. The van der Waals surface area contributed by atoms with Crippen molar-refractivity contribution < 1.29 is 4.79 Å². The van der Waals surface area contributed by atoms with Gasteiger partial charge in [-0.15, -0.1) is 0 Å². The molecule has 31 heavy (non-hydrogen) atoms. The number of nitrogens with one attached hydrogen (secondary N) is 1. The Kier molecular flexibility index (Phi) is 6.50. The van der Waals surface area contributed by atoms with Gasteiger partial charge in [-0.1, -0.05) is 17.7 Å². The van der Waals surface area contributed by atoms with Crippen LogP contribution in [0.3, 0.4) is 0 Å². The Morgan fingerprint density at radius 2 is 2.03 bits per heavy atom. The minimum absolute atomic E-state index is 0.00858. The molecule has 7 nitrogen and oxygen atoms in total. The number of benzene rings is 1. The van der Waals surface area contributed by atoms with Crippen LogP contribution >= 0.6 is 23.8 Å². The number of carbonyl (C=O) groups excluding carboxylic acids is 1. The fourth-order valence-corrected chi connectivity index (χ4v) is 4.17. The lowest BCUT2D eigenvalue weighted by Crippen LogP contribution is -2.41. The van der Waals surface area contributed by atoms with Crippen LogP contribution in [0, 0.1) is 17.6 Å². The molecule has 1 aliphatic rings. The van der Waals surface area contributed by atoms with Gasteiger partial charge in [-0.25, -0.2) is 9.67 Å². The highest BCUT2D eigenvalue weighted by Gasteiger charge is 2.27. The molecule has 1 aliphatic heterocycles. The number of rotatable bonds is 5. The van der Waals surface area contributed by atoms with Gasteiger partial charge in [-0.2, -0.15) is 5.10 Å². The van der Waals surface area contributed by atoms with E-state index >= 15 is 0 Å². The average molecular weight is 457 g/mol. The molecule has 1 fully saturated rings.